The summed E-state index contributed by atoms with van der Waals surface area (Å²) in [4.78, 5) is 15.1. The van der Waals surface area contributed by atoms with Gasteiger partial charge in [0.2, 0.25) is 5.91 Å². The zero-order chi connectivity index (χ0) is 23.2. The fraction of sp³-hybridized carbons (Fsp3) is 0.400. The molecule has 2 heterocycles. The third-order valence-corrected chi connectivity index (χ3v) is 6.54. The number of piperidine rings is 1. The number of methoxy groups -OCH3 is 1. The van der Waals surface area contributed by atoms with Gasteiger partial charge in [0.15, 0.2) is 10.6 Å². The van der Waals surface area contributed by atoms with Crippen LogP contribution in [0, 0.1) is 4.77 Å². The van der Waals surface area contributed by atoms with E-state index in [0.717, 1.165) is 30.1 Å². The summed E-state index contributed by atoms with van der Waals surface area (Å²) in [6, 6.07) is 16.4. The van der Waals surface area contributed by atoms with Crippen molar-refractivity contribution in [2.45, 2.75) is 51.7 Å². The minimum Gasteiger partial charge on any atom is -0.497 e. The molecule has 1 fully saturated rings. The fourth-order valence-corrected chi connectivity index (χ4v) is 4.47. The van der Waals surface area contributed by atoms with Gasteiger partial charge in [-0.3, -0.25) is 19.4 Å². The highest BCUT2D eigenvalue weighted by molar-refractivity contribution is 7.71. The van der Waals surface area contributed by atoms with Crippen LogP contribution in [0.25, 0.3) is 11.4 Å². The summed E-state index contributed by atoms with van der Waals surface area (Å²) in [6.45, 7) is 4.87. The van der Waals surface area contributed by atoms with E-state index in [4.69, 9.17) is 17.0 Å². The van der Waals surface area contributed by atoms with E-state index in [0.29, 0.717) is 29.6 Å². The number of likely N-dealkylation sites (tertiary alicyclic amines) is 1. The minimum atomic E-state index is -0.0591. The van der Waals surface area contributed by atoms with Crippen molar-refractivity contribution in [3.63, 3.8) is 0 Å². The van der Waals surface area contributed by atoms with Crippen LogP contribution in [-0.4, -0.2) is 45.3 Å². The van der Waals surface area contributed by atoms with Crippen molar-refractivity contribution in [2.75, 3.05) is 19.0 Å². The lowest BCUT2D eigenvalue weighted by Crippen LogP contribution is -2.36. The number of amides is 1. The van der Waals surface area contributed by atoms with E-state index >= 15 is 0 Å². The minimum absolute atomic E-state index is 0.0591. The first-order chi connectivity index (χ1) is 16.0. The number of carbonyl (C=O) groups excluding carboxylic acids is 1. The van der Waals surface area contributed by atoms with E-state index in [9.17, 15) is 4.79 Å². The topological polar surface area (TPSA) is 75.2 Å². The van der Waals surface area contributed by atoms with Crippen molar-refractivity contribution in [3.8, 4) is 17.1 Å². The maximum Gasteiger partial charge on any atom is 0.226 e. The highest BCUT2D eigenvalue weighted by Crippen LogP contribution is 2.22. The summed E-state index contributed by atoms with van der Waals surface area (Å²) < 4.78 is 7.55. The number of H-pyrrole nitrogens is 1. The van der Waals surface area contributed by atoms with E-state index in [2.05, 4.69) is 39.5 Å². The van der Waals surface area contributed by atoms with Crippen LogP contribution in [0.1, 0.15) is 38.2 Å². The first kappa shape index (κ1) is 23.2. The lowest BCUT2D eigenvalue weighted by atomic mass is 10.0. The summed E-state index contributed by atoms with van der Waals surface area (Å²) in [6.07, 6.45) is 4.17. The average molecular weight is 466 g/mol. The SMILES string of the molecule is COc1ccc(-c2n[nH]c(=S)n2CCC(=O)Nc2ccc(CN3CCCCC3C)cc2)cc1. The number of anilines is 1. The molecule has 1 aliphatic heterocycles. The molecule has 0 spiro atoms. The molecule has 1 aliphatic rings. The van der Waals surface area contributed by atoms with Gasteiger partial charge in [-0.1, -0.05) is 18.6 Å². The Balaban J connectivity index is 1.33. The quantitative estimate of drug-likeness (QED) is 0.457. The molecule has 4 rings (SSSR count). The summed E-state index contributed by atoms with van der Waals surface area (Å²) in [7, 11) is 1.63. The van der Waals surface area contributed by atoms with Gasteiger partial charge < -0.3 is 10.1 Å². The highest BCUT2D eigenvalue weighted by atomic mass is 32.1. The molecule has 0 radical (unpaired) electrons. The molecule has 0 aliphatic carbocycles. The van der Waals surface area contributed by atoms with Gasteiger partial charge in [-0.25, -0.2) is 0 Å². The molecule has 1 amide bonds. The van der Waals surface area contributed by atoms with Crippen LogP contribution in [0.3, 0.4) is 0 Å². The normalized spacial score (nSPS) is 16.5. The van der Waals surface area contributed by atoms with Crippen LogP contribution in [0.15, 0.2) is 48.5 Å². The summed E-state index contributed by atoms with van der Waals surface area (Å²) in [5.74, 6) is 1.41. The van der Waals surface area contributed by atoms with Crippen LogP contribution < -0.4 is 10.1 Å². The van der Waals surface area contributed by atoms with E-state index in [-0.39, 0.29) is 5.91 Å². The molecule has 174 valence electrons. The molecular formula is C25H31N5O2S. The Bertz CT molecular complexity index is 1120. The Morgan fingerprint density at radius 1 is 1.18 bits per heavy atom. The van der Waals surface area contributed by atoms with Crippen LogP contribution in [0.4, 0.5) is 5.69 Å². The number of hydrogen-bond donors (Lipinski definition) is 2. The van der Waals surface area contributed by atoms with Crippen molar-refractivity contribution in [1.29, 1.82) is 0 Å². The smallest absolute Gasteiger partial charge is 0.226 e. The second-order valence-electron chi connectivity index (χ2n) is 8.54. The number of rotatable bonds is 8. The Kier molecular flexibility index (Phi) is 7.57. The maximum atomic E-state index is 12.6. The van der Waals surface area contributed by atoms with Gasteiger partial charge in [-0.2, -0.15) is 5.10 Å². The molecule has 1 atom stereocenters. The molecule has 8 heteroatoms. The predicted molar refractivity (Wildman–Crippen MR) is 133 cm³/mol. The number of aromatic nitrogens is 3. The molecule has 2 N–H and O–H groups in total. The first-order valence-corrected chi connectivity index (χ1v) is 11.9. The number of aromatic amines is 1. The van der Waals surface area contributed by atoms with Gasteiger partial charge >= 0.3 is 0 Å². The van der Waals surface area contributed by atoms with Crippen LogP contribution >= 0.6 is 12.2 Å². The Morgan fingerprint density at radius 2 is 1.94 bits per heavy atom. The van der Waals surface area contributed by atoms with E-state index in [1.54, 1.807) is 7.11 Å². The van der Waals surface area contributed by atoms with Gasteiger partial charge in [-0.15, -0.1) is 0 Å². The van der Waals surface area contributed by atoms with Crippen LogP contribution in [0.2, 0.25) is 0 Å². The van der Waals surface area contributed by atoms with Gasteiger partial charge in [0, 0.05) is 36.8 Å². The monoisotopic (exact) mass is 465 g/mol. The largest absolute Gasteiger partial charge is 0.497 e. The Labute approximate surface area is 199 Å². The second-order valence-corrected chi connectivity index (χ2v) is 8.93. The number of hydrogen-bond acceptors (Lipinski definition) is 5. The molecule has 1 saturated heterocycles. The molecule has 33 heavy (non-hydrogen) atoms. The van der Waals surface area contributed by atoms with Crippen molar-refractivity contribution >= 4 is 23.8 Å². The Morgan fingerprint density at radius 3 is 2.64 bits per heavy atom. The third-order valence-electron chi connectivity index (χ3n) is 6.23. The summed E-state index contributed by atoms with van der Waals surface area (Å²) >= 11 is 5.38. The first-order valence-electron chi connectivity index (χ1n) is 11.5. The number of benzene rings is 2. The maximum absolute atomic E-state index is 12.6. The second kappa shape index (κ2) is 10.8. The lowest BCUT2D eigenvalue weighted by molar-refractivity contribution is -0.116. The van der Waals surface area contributed by atoms with Gasteiger partial charge in [-0.05, 0) is 80.5 Å². The van der Waals surface area contributed by atoms with Crippen molar-refractivity contribution in [1.82, 2.24) is 19.7 Å². The molecular weight excluding hydrogens is 434 g/mol. The zero-order valence-corrected chi connectivity index (χ0v) is 20.0. The molecule has 0 bridgehead atoms. The van der Waals surface area contributed by atoms with Crippen LogP contribution in [-0.2, 0) is 17.9 Å². The highest BCUT2D eigenvalue weighted by Gasteiger charge is 2.18. The number of nitrogens with zero attached hydrogens (tertiary/aromatic N) is 3. The van der Waals surface area contributed by atoms with Crippen molar-refractivity contribution < 1.29 is 9.53 Å². The molecule has 0 saturated carbocycles. The molecule has 7 nitrogen and oxygen atoms in total. The third kappa shape index (κ3) is 5.89. The molecule has 2 aromatic carbocycles. The standard InChI is InChI=1S/C25H31N5O2S/c1-18-5-3-4-15-29(18)17-19-6-10-21(11-7-19)26-23(31)14-16-30-24(27-28-25(30)33)20-8-12-22(32-2)13-9-20/h6-13,18H,3-5,14-17H2,1-2H3,(H,26,31)(H,28,33). The fourth-order valence-electron chi connectivity index (χ4n) is 4.24. The summed E-state index contributed by atoms with van der Waals surface area (Å²) in [5.41, 5.74) is 2.99. The van der Waals surface area contributed by atoms with E-state index in [1.807, 2.05) is 41.0 Å². The average Bonchev–Trinajstić information content (AvgIpc) is 3.20. The number of ether oxygens (including phenoxy) is 1. The van der Waals surface area contributed by atoms with Crippen LogP contribution in [0.5, 0.6) is 5.75 Å². The molecule has 3 aromatic rings. The van der Waals surface area contributed by atoms with E-state index < -0.39 is 0 Å². The number of nitrogens with one attached hydrogen (secondary N) is 2. The van der Waals surface area contributed by atoms with E-state index in [1.165, 1.54) is 24.8 Å². The van der Waals surface area contributed by atoms with Gasteiger partial charge in [0.1, 0.15) is 5.75 Å². The van der Waals surface area contributed by atoms with Crippen molar-refractivity contribution in [2.24, 2.45) is 0 Å². The molecule has 1 unspecified atom stereocenters. The lowest BCUT2D eigenvalue weighted by Gasteiger charge is -2.33. The number of carbonyl (C=O) groups is 1. The van der Waals surface area contributed by atoms with Gasteiger partial charge in [0.25, 0.3) is 0 Å². The van der Waals surface area contributed by atoms with Crippen molar-refractivity contribution in [3.05, 3.63) is 58.9 Å². The molecule has 1 aromatic heterocycles. The van der Waals surface area contributed by atoms with Gasteiger partial charge in [0.05, 0.1) is 7.11 Å². The zero-order valence-electron chi connectivity index (χ0n) is 19.2. The summed E-state index contributed by atoms with van der Waals surface area (Å²) in [5, 5.41) is 10.2. The predicted octanol–water partition coefficient (Wildman–Crippen LogP) is 5.02. The Hall–Kier alpha value is -2.97.